The average Bonchev–Trinajstić information content (AvgIpc) is 3.07. The number of hydrogen-bond donors (Lipinski definition) is 1. The predicted octanol–water partition coefficient (Wildman–Crippen LogP) is 3.57. The molecule has 3 heterocycles. The fraction of sp³-hybridized carbons (Fsp3) is 0.500. The summed E-state index contributed by atoms with van der Waals surface area (Å²) in [6, 6.07) is 1.84. The number of hydrogen-bond acceptors (Lipinski definition) is 7. The highest BCUT2D eigenvalue weighted by Crippen LogP contribution is 2.27. The molecule has 8 heteroatoms. The van der Waals surface area contributed by atoms with E-state index in [0.717, 1.165) is 71.3 Å². The van der Waals surface area contributed by atoms with Gasteiger partial charge in [0.25, 0.3) is 0 Å². The maximum Gasteiger partial charge on any atom is 0.187 e. The van der Waals surface area contributed by atoms with Crippen LogP contribution in [-0.2, 0) is 17.7 Å². The van der Waals surface area contributed by atoms with Crippen molar-refractivity contribution in [2.45, 2.75) is 51.2 Å². The van der Waals surface area contributed by atoms with Crippen molar-refractivity contribution in [1.29, 1.82) is 0 Å². The second-order valence-electron chi connectivity index (χ2n) is 6.77. The van der Waals surface area contributed by atoms with E-state index in [0.29, 0.717) is 12.4 Å². The Hall–Kier alpha value is -2.19. The summed E-state index contributed by atoms with van der Waals surface area (Å²) in [5, 5.41) is 0.846. The van der Waals surface area contributed by atoms with Crippen LogP contribution in [0.15, 0.2) is 23.6 Å². The van der Waals surface area contributed by atoms with Crippen LogP contribution in [0.5, 0.6) is 0 Å². The van der Waals surface area contributed by atoms with Crippen LogP contribution in [0.4, 0.5) is 5.82 Å². The van der Waals surface area contributed by atoms with Crippen LogP contribution in [-0.4, -0.2) is 44.0 Å². The summed E-state index contributed by atoms with van der Waals surface area (Å²) in [5.41, 5.74) is 10.2. The number of pyridine rings is 1. The van der Waals surface area contributed by atoms with Crippen LogP contribution in [0.3, 0.4) is 0 Å². The zero-order valence-electron chi connectivity index (χ0n) is 16.8. The Balaban J connectivity index is 1.65. The van der Waals surface area contributed by atoms with Gasteiger partial charge in [0.15, 0.2) is 11.0 Å². The molecule has 0 spiro atoms. The molecule has 0 aliphatic rings. The number of aryl methyl sites for hydroxylation is 3. The van der Waals surface area contributed by atoms with E-state index in [4.69, 9.17) is 15.5 Å². The van der Waals surface area contributed by atoms with Gasteiger partial charge in [0.05, 0.1) is 12.1 Å². The van der Waals surface area contributed by atoms with Crippen molar-refractivity contribution in [3.05, 3.63) is 35.5 Å². The highest BCUT2D eigenvalue weighted by atomic mass is 32.2. The first-order valence-electron chi connectivity index (χ1n) is 9.62. The Kier molecular flexibility index (Phi) is 7.22. The third kappa shape index (κ3) is 4.80. The fourth-order valence-corrected chi connectivity index (χ4v) is 4.05. The molecule has 0 aliphatic heterocycles. The van der Waals surface area contributed by atoms with Gasteiger partial charge in [-0.25, -0.2) is 19.9 Å². The van der Waals surface area contributed by atoms with Gasteiger partial charge in [-0.05, 0) is 38.3 Å². The van der Waals surface area contributed by atoms with E-state index in [1.165, 1.54) is 0 Å². The molecule has 0 aromatic carbocycles. The van der Waals surface area contributed by atoms with Crippen molar-refractivity contribution in [2.24, 2.45) is 0 Å². The molecular formula is C20H28N6OS. The number of aromatic nitrogens is 5. The topological polar surface area (TPSA) is 91.7 Å². The van der Waals surface area contributed by atoms with E-state index >= 15 is 0 Å². The molecule has 0 fully saturated rings. The molecule has 150 valence electrons. The highest BCUT2D eigenvalue weighted by Gasteiger charge is 2.17. The highest BCUT2D eigenvalue weighted by molar-refractivity contribution is 7.99. The molecule has 0 radical (unpaired) electrons. The minimum atomic E-state index is 0.509. The summed E-state index contributed by atoms with van der Waals surface area (Å²) in [6.07, 6.45) is 7.69. The Bertz CT molecular complexity index is 912. The van der Waals surface area contributed by atoms with Crippen molar-refractivity contribution in [3.63, 3.8) is 0 Å². The Morgan fingerprint density at radius 2 is 1.89 bits per heavy atom. The van der Waals surface area contributed by atoms with Gasteiger partial charge in [-0.1, -0.05) is 18.2 Å². The van der Waals surface area contributed by atoms with Gasteiger partial charge in [0.1, 0.15) is 11.3 Å². The van der Waals surface area contributed by atoms with E-state index in [1.807, 2.05) is 13.0 Å². The number of nitrogens with zero attached hydrogens (tertiary/aromatic N) is 5. The first-order chi connectivity index (χ1) is 13.6. The first-order valence-corrected chi connectivity index (χ1v) is 10.6. The van der Waals surface area contributed by atoms with Crippen molar-refractivity contribution in [1.82, 2.24) is 24.5 Å². The third-order valence-corrected chi connectivity index (χ3v) is 5.77. The molecule has 0 unspecified atom stereocenters. The van der Waals surface area contributed by atoms with Crippen molar-refractivity contribution in [3.8, 4) is 0 Å². The van der Waals surface area contributed by atoms with Crippen LogP contribution in [0, 0.1) is 13.8 Å². The number of nitrogen functional groups attached to an aromatic ring is 1. The van der Waals surface area contributed by atoms with Crippen LogP contribution in [0.1, 0.15) is 36.3 Å². The standard InChI is InChI=1S/C20H28N6OS/c1-14-15(2)24-19(21)17-18(14)26(16(25-17)8-12-27-3)11-5-4-6-13-28-20-22-9-7-10-23-20/h7,9-10H,4-6,8,11-13H2,1-3H3,(H2,21,24). The lowest BCUT2D eigenvalue weighted by Crippen LogP contribution is -2.08. The number of fused-ring (bicyclic) bond motifs is 1. The van der Waals surface area contributed by atoms with Crippen LogP contribution in [0.2, 0.25) is 0 Å². The van der Waals surface area contributed by atoms with Gasteiger partial charge in [-0.15, -0.1) is 0 Å². The van der Waals surface area contributed by atoms with E-state index < -0.39 is 0 Å². The molecule has 0 aliphatic carbocycles. The number of methoxy groups -OCH3 is 1. The molecule has 2 N–H and O–H groups in total. The van der Waals surface area contributed by atoms with Gasteiger partial charge in [-0.2, -0.15) is 0 Å². The molecule has 28 heavy (non-hydrogen) atoms. The third-order valence-electron chi connectivity index (χ3n) is 4.80. The summed E-state index contributed by atoms with van der Waals surface area (Å²) >= 11 is 1.71. The largest absolute Gasteiger partial charge is 0.384 e. The molecule has 3 rings (SSSR count). The zero-order chi connectivity index (χ0) is 19.9. The van der Waals surface area contributed by atoms with Crippen molar-refractivity contribution < 1.29 is 4.74 Å². The Morgan fingerprint density at radius 3 is 2.64 bits per heavy atom. The molecule has 0 amide bonds. The molecule has 0 saturated heterocycles. The second kappa shape index (κ2) is 9.84. The first kappa shape index (κ1) is 20.5. The second-order valence-corrected chi connectivity index (χ2v) is 7.83. The lowest BCUT2D eigenvalue weighted by Gasteiger charge is -2.12. The summed E-state index contributed by atoms with van der Waals surface area (Å²) < 4.78 is 7.57. The van der Waals surface area contributed by atoms with E-state index in [9.17, 15) is 0 Å². The summed E-state index contributed by atoms with van der Waals surface area (Å²) in [7, 11) is 1.71. The number of unbranched alkanes of at least 4 members (excludes halogenated alkanes) is 2. The molecule has 3 aromatic rings. The molecular weight excluding hydrogens is 372 g/mol. The predicted molar refractivity (Wildman–Crippen MR) is 114 cm³/mol. The Morgan fingerprint density at radius 1 is 1.11 bits per heavy atom. The van der Waals surface area contributed by atoms with Crippen molar-refractivity contribution in [2.75, 3.05) is 25.2 Å². The number of imidazole rings is 1. The van der Waals surface area contributed by atoms with Crippen LogP contribution < -0.4 is 5.73 Å². The lowest BCUT2D eigenvalue weighted by atomic mass is 10.2. The number of anilines is 1. The SMILES string of the molecule is COCCc1nc2c(N)nc(C)c(C)c2n1CCCCCSc1ncccn1. The maximum absolute atomic E-state index is 6.15. The molecule has 3 aromatic heterocycles. The fourth-order valence-electron chi connectivity index (χ4n) is 3.24. The Labute approximate surface area is 170 Å². The number of ether oxygens (including phenoxy) is 1. The lowest BCUT2D eigenvalue weighted by molar-refractivity contribution is 0.199. The molecule has 7 nitrogen and oxygen atoms in total. The maximum atomic E-state index is 6.15. The molecule has 0 atom stereocenters. The normalized spacial score (nSPS) is 11.4. The van der Waals surface area contributed by atoms with Gasteiger partial charge in [-0.3, -0.25) is 0 Å². The van der Waals surface area contributed by atoms with E-state index in [-0.39, 0.29) is 0 Å². The summed E-state index contributed by atoms with van der Waals surface area (Å²) in [4.78, 5) is 17.7. The molecule has 0 saturated carbocycles. The van der Waals surface area contributed by atoms with Crippen molar-refractivity contribution >= 4 is 28.6 Å². The number of thioether (sulfide) groups is 1. The van der Waals surface area contributed by atoms with E-state index in [1.54, 1.807) is 31.3 Å². The average molecular weight is 401 g/mol. The van der Waals surface area contributed by atoms with Gasteiger partial charge >= 0.3 is 0 Å². The monoisotopic (exact) mass is 400 g/mol. The zero-order valence-corrected chi connectivity index (χ0v) is 17.6. The minimum absolute atomic E-state index is 0.509. The summed E-state index contributed by atoms with van der Waals surface area (Å²) in [5.74, 6) is 2.56. The summed E-state index contributed by atoms with van der Waals surface area (Å²) in [6.45, 7) is 5.66. The minimum Gasteiger partial charge on any atom is -0.384 e. The number of nitrogens with two attached hydrogens (primary N) is 1. The smallest absolute Gasteiger partial charge is 0.187 e. The number of rotatable bonds is 10. The van der Waals surface area contributed by atoms with Gasteiger partial charge in [0, 0.05) is 43.9 Å². The van der Waals surface area contributed by atoms with Gasteiger partial charge in [0.2, 0.25) is 0 Å². The van der Waals surface area contributed by atoms with Crippen LogP contribution >= 0.6 is 11.8 Å². The molecule has 0 bridgehead atoms. The quantitative estimate of drug-likeness (QED) is 0.316. The van der Waals surface area contributed by atoms with Gasteiger partial charge < -0.3 is 15.0 Å². The van der Waals surface area contributed by atoms with E-state index in [2.05, 4.69) is 26.4 Å². The van der Waals surface area contributed by atoms with Crippen LogP contribution in [0.25, 0.3) is 11.0 Å².